The number of hydrogen-bond acceptors (Lipinski definition) is 2. The Bertz CT molecular complexity index is 164. The van der Waals surface area contributed by atoms with Crippen LogP contribution in [-0.2, 0) is 0 Å². The molecule has 0 bridgehead atoms. The Balaban J connectivity index is 4.19. The first-order chi connectivity index (χ1) is 4.92. The lowest BCUT2D eigenvalue weighted by atomic mass is 10.1. The molecule has 0 aliphatic heterocycles. The molecule has 1 atom stereocenters. The summed E-state index contributed by atoms with van der Waals surface area (Å²) in [5, 5.41) is 16.1. The van der Waals surface area contributed by atoms with Crippen LogP contribution in [0.3, 0.4) is 0 Å². The summed E-state index contributed by atoms with van der Waals surface area (Å²) in [7, 11) is 0. The molecule has 1 N–H and O–H groups in total. The fraction of sp³-hybridized carbons (Fsp3) is 0.800. The Morgan fingerprint density at radius 2 is 1.91 bits per heavy atom. The van der Waals surface area contributed by atoms with Gasteiger partial charge in [0.1, 0.15) is 6.10 Å². The summed E-state index contributed by atoms with van der Waals surface area (Å²) < 4.78 is 46.7. The van der Waals surface area contributed by atoms with Gasteiger partial charge in [-0.1, -0.05) is 0 Å². The van der Waals surface area contributed by atoms with Crippen LogP contribution in [0.1, 0.15) is 6.42 Å². The number of rotatable bonds is 3. The summed E-state index contributed by atoms with van der Waals surface area (Å²) in [6, 6.07) is 1.17. The Kier molecular flexibility index (Phi) is 3.26. The van der Waals surface area contributed by atoms with Crippen molar-refractivity contribution in [3.8, 4) is 6.07 Å². The third-order valence-electron chi connectivity index (χ3n) is 1.02. The van der Waals surface area contributed by atoms with Crippen molar-refractivity contribution in [2.45, 2.75) is 24.9 Å². The van der Waals surface area contributed by atoms with Crippen LogP contribution in [-0.4, -0.2) is 23.6 Å². The molecule has 0 radical (unpaired) electrons. The second kappa shape index (κ2) is 3.53. The van der Waals surface area contributed by atoms with Crippen LogP contribution >= 0.6 is 0 Å². The summed E-state index contributed by atoms with van der Waals surface area (Å²) in [5.74, 6) is -4.49. The van der Waals surface area contributed by atoms with E-state index in [1.54, 1.807) is 0 Å². The molecule has 0 heterocycles. The second-order valence-electron chi connectivity index (χ2n) is 1.85. The van der Waals surface area contributed by atoms with Crippen LogP contribution in [0.15, 0.2) is 0 Å². The minimum atomic E-state index is -4.49. The molecular formula is C5H5F4NO. The molecule has 11 heavy (non-hydrogen) atoms. The van der Waals surface area contributed by atoms with E-state index in [-0.39, 0.29) is 0 Å². The lowest BCUT2D eigenvalue weighted by molar-refractivity contribution is -0.189. The molecule has 0 saturated carbocycles. The van der Waals surface area contributed by atoms with E-state index in [4.69, 9.17) is 10.4 Å². The molecule has 0 aliphatic carbocycles. The quantitative estimate of drug-likeness (QED) is 0.647. The van der Waals surface area contributed by atoms with Crippen LogP contribution in [0.2, 0.25) is 0 Å². The number of nitriles is 1. The smallest absolute Gasteiger partial charge is 0.333 e. The van der Waals surface area contributed by atoms with E-state index in [0.29, 0.717) is 0 Å². The molecule has 0 spiro atoms. The van der Waals surface area contributed by atoms with Crippen molar-refractivity contribution in [2.75, 3.05) is 0 Å². The molecule has 64 valence electrons. The molecule has 0 saturated heterocycles. The minimum absolute atomic E-state index is 1.00. The van der Waals surface area contributed by atoms with Crippen molar-refractivity contribution >= 4 is 0 Å². The first-order valence-corrected chi connectivity index (χ1v) is 2.64. The van der Waals surface area contributed by atoms with Gasteiger partial charge < -0.3 is 5.11 Å². The maximum Gasteiger partial charge on any atom is 0.333 e. The third kappa shape index (κ3) is 2.35. The van der Waals surface area contributed by atoms with Gasteiger partial charge in [0, 0.05) is 0 Å². The van der Waals surface area contributed by atoms with Gasteiger partial charge in [0.2, 0.25) is 0 Å². The van der Waals surface area contributed by atoms with Gasteiger partial charge in [0.05, 0.1) is 12.5 Å². The van der Waals surface area contributed by atoms with Gasteiger partial charge in [-0.15, -0.1) is 0 Å². The normalized spacial score (nSPS) is 14.6. The van der Waals surface area contributed by atoms with E-state index in [0.717, 1.165) is 0 Å². The molecule has 0 aromatic heterocycles. The van der Waals surface area contributed by atoms with E-state index in [2.05, 4.69) is 0 Å². The van der Waals surface area contributed by atoms with Gasteiger partial charge in [0.25, 0.3) is 0 Å². The average molecular weight is 171 g/mol. The Morgan fingerprint density at radius 3 is 2.18 bits per heavy atom. The maximum atomic E-state index is 12.0. The molecule has 1 unspecified atom stereocenters. The molecule has 0 rings (SSSR count). The lowest BCUT2D eigenvalue weighted by Gasteiger charge is -2.18. The molecular weight excluding hydrogens is 166 g/mol. The van der Waals surface area contributed by atoms with Crippen LogP contribution in [0.4, 0.5) is 17.6 Å². The summed E-state index contributed by atoms with van der Waals surface area (Å²) >= 11 is 0. The molecule has 0 aromatic carbocycles. The van der Waals surface area contributed by atoms with Gasteiger partial charge in [-0.05, 0) is 0 Å². The van der Waals surface area contributed by atoms with Crippen molar-refractivity contribution in [3.63, 3.8) is 0 Å². The summed E-state index contributed by atoms with van der Waals surface area (Å²) in [5.41, 5.74) is 0. The summed E-state index contributed by atoms with van der Waals surface area (Å²) in [6.45, 7) is 0. The largest absolute Gasteiger partial charge is 0.386 e. The number of hydrogen-bond donors (Lipinski definition) is 1. The van der Waals surface area contributed by atoms with Crippen LogP contribution in [0, 0.1) is 11.3 Å². The Hall–Kier alpha value is -0.830. The Labute approximate surface area is 60.0 Å². The highest BCUT2D eigenvalue weighted by Gasteiger charge is 2.47. The van der Waals surface area contributed by atoms with E-state index in [1.807, 2.05) is 0 Å². The van der Waals surface area contributed by atoms with Crippen molar-refractivity contribution in [3.05, 3.63) is 0 Å². The average Bonchev–Trinajstić information content (AvgIpc) is 1.88. The standard InChI is InChI=1S/C5H5F4NO/c6-4(7)5(8,9)3(11)1-2-10/h3-4,11H,1H2. The van der Waals surface area contributed by atoms with Crippen molar-refractivity contribution < 1.29 is 22.7 Å². The minimum Gasteiger partial charge on any atom is -0.386 e. The third-order valence-corrected chi connectivity index (χ3v) is 1.02. The lowest BCUT2D eigenvalue weighted by Crippen LogP contribution is -2.40. The highest BCUT2D eigenvalue weighted by atomic mass is 19.3. The fourth-order valence-corrected chi connectivity index (χ4v) is 0.368. The van der Waals surface area contributed by atoms with Crippen molar-refractivity contribution in [1.29, 1.82) is 5.26 Å². The van der Waals surface area contributed by atoms with Gasteiger partial charge in [-0.25, -0.2) is 8.78 Å². The van der Waals surface area contributed by atoms with E-state index < -0.39 is 24.9 Å². The molecule has 0 aromatic rings. The van der Waals surface area contributed by atoms with E-state index in [9.17, 15) is 17.6 Å². The monoisotopic (exact) mass is 171 g/mol. The molecule has 0 amide bonds. The van der Waals surface area contributed by atoms with E-state index >= 15 is 0 Å². The first-order valence-electron chi connectivity index (χ1n) is 2.64. The number of nitrogens with zero attached hydrogens (tertiary/aromatic N) is 1. The molecule has 0 fully saturated rings. The predicted octanol–water partition coefficient (Wildman–Crippen LogP) is 1.16. The molecule has 6 heteroatoms. The van der Waals surface area contributed by atoms with Gasteiger partial charge in [-0.3, -0.25) is 0 Å². The zero-order valence-electron chi connectivity index (χ0n) is 5.27. The highest BCUT2D eigenvalue weighted by Crippen LogP contribution is 2.28. The van der Waals surface area contributed by atoms with Gasteiger partial charge >= 0.3 is 12.3 Å². The highest BCUT2D eigenvalue weighted by molar-refractivity contribution is 4.86. The number of halogens is 4. The van der Waals surface area contributed by atoms with Crippen molar-refractivity contribution in [1.82, 2.24) is 0 Å². The summed E-state index contributed by atoms with van der Waals surface area (Å²) in [4.78, 5) is 0. The predicted molar refractivity (Wildman–Crippen MR) is 27.2 cm³/mol. The first kappa shape index (κ1) is 10.2. The molecule has 2 nitrogen and oxygen atoms in total. The zero-order valence-corrected chi connectivity index (χ0v) is 5.27. The number of alkyl halides is 4. The topological polar surface area (TPSA) is 44.0 Å². The fourth-order valence-electron chi connectivity index (χ4n) is 0.368. The van der Waals surface area contributed by atoms with Crippen molar-refractivity contribution in [2.24, 2.45) is 0 Å². The number of aliphatic hydroxyl groups excluding tert-OH is 1. The maximum absolute atomic E-state index is 12.0. The molecule has 0 aliphatic rings. The zero-order chi connectivity index (χ0) is 9.07. The second-order valence-corrected chi connectivity index (χ2v) is 1.85. The summed E-state index contributed by atoms with van der Waals surface area (Å²) in [6.07, 6.45) is -7.53. The van der Waals surface area contributed by atoms with Crippen LogP contribution in [0.25, 0.3) is 0 Å². The Morgan fingerprint density at radius 1 is 1.45 bits per heavy atom. The van der Waals surface area contributed by atoms with Crippen LogP contribution < -0.4 is 0 Å². The van der Waals surface area contributed by atoms with E-state index in [1.165, 1.54) is 6.07 Å². The van der Waals surface area contributed by atoms with Gasteiger partial charge in [0.15, 0.2) is 0 Å². The number of aliphatic hydroxyl groups is 1. The van der Waals surface area contributed by atoms with Gasteiger partial charge in [-0.2, -0.15) is 14.0 Å². The SMILES string of the molecule is N#CCC(O)C(F)(F)C(F)F. The van der Waals surface area contributed by atoms with Crippen LogP contribution in [0.5, 0.6) is 0 Å².